The summed E-state index contributed by atoms with van der Waals surface area (Å²) in [6.45, 7) is 3.50. The van der Waals surface area contributed by atoms with Crippen LogP contribution in [-0.4, -0.2) is 30.6 Å². The van der Waals surface area contributed by atoms with E-state index in [0.717, 1.165) is 12.5 Å². The summed E-state index contributed by atoms with van der Waals surface area (Å²) in [6, 6.07) is 9.24. The highest BCUT2D eigenvalue weighted by Gasteiger charge is 2.29. The predicted molar refractivity (Wildman–Crippen MR) is 61.9 cm³/mol. The van der Waals surface area contributed by atoms with Crippen LogP contribution in [0.5, 0.6) is 0 Å². The first-order valence-electron chi connectivity index (χ1n) is 5.88. The lowest BCUT2D eigenvalue weighted by molar-refractivity contribution is 0.298. The molecule has 1 aromatic rings. The standard InChI is InChI=1S/C13H18N2/c14-12-5-6-15(9-12)8-11-7-10-3-1-2-4-13(10)11/h1-4,11-12H,5-9,14H2/t11?,12-/m0/s1. The molecule has 1 aliphatic carbocycles. The minimum Gasteiger partial charge on any atom is -0.326 e. The zero-order valence-electron chi connectivity index (χ0n) is 9.02. The van der Waals surface area contributed by atoms with Gasteiger partial charge in [-0.1, -0.05) is 24.3 Å². The van der Waals surface area contributed by atoms with E-state index in [2.05, 4.69) is 29.2 Å². The molecule has 2 aliphatic rings. The van der Waals surface area contributed by atoms with Gasteiger partial charge >= 0.3 is 0 Å². The molecule has 80 valence electrons. The molecule has 1 aromatic carbocycles. The summed E-state index contributed by atoms with van der Waals surface area (Å²) in [5, 5.41) is 0. The van der Waals surface area contributed by atoms with Crippen LogP contribution in [0.4, 0.5) is 0 Å². The van der Waals surface area contributed by atoms with Gasteiger partial charge in [0.25, 0.3) is 0 Å². The molecule has 0 saturated carbocycles. The summed E-state index contributed by atoms with van der Waals surface area (Å²) in [5.41, 5.74) is 9.03. The molecule has 3 rings (SSSR count). The molecule has 2 nitrogen and oxygen atoms in total. The van der Waals surface area contributed by atoms with E-state index in [0.29, 0.717) is 6.04 Å². The van der Waals surface area contributed by atoms with Gasteiger partial charge in [0.2, 0.25) is 0 Å². The molecule has 1 saturated heterocycles. The number of nitrogens with zero attached hydrogens (tertiary/aromatic N) is 1. The summed E-state index contributed by atoms with van der Waals surface area (Å²) >= 11 is 0. The van der Waals surface area contributed by atoms with Crippen molar-refractivity contribution in [2.75, 3.05) is 19.6 Å². The lowest BCUT2D eigenvalue weighted by Gasteiger charge is -2.33. The third-order valence-electron chi connectivity index (χ3n) is 3.75. The van der Waals surface area contributed by atoms with Gasteiger partial charge in [-0.15, -0.1) is 0 Å². The lowest BCUT2D eigenvalue weighted by atomic mass is 9.77. The summed E-state index contributed by atoms with van der Waals surface area (Å²) in [7, 11) is 0. The average molecular weight is 202 g/mol. The lowest BCUT2D eigenvalue weighted by Crippen LogP contribution is -2.33. The minimum atomic E-state index is 0.417. The fraction of sp³-hybridized carbons (Fsp3) is 0.538. The number of rotatable bonds is 2. The molecule has 2 heteroatoms. The Balaban J connectivity index is 1.63. The second kappa shape index (κ2) is 3.62. The molecular weight excluding hydrogens is 184 g/mol. The monoisotopic (exact) mass is 202 g/mol. The maximum absolute atomic E-state index is 5.91. The van der Waals surface area contributed by atoms with Crippen molar-refractivity contribution in [2.24, 2.45) is 5.73 Å². The van der Waals surface area contributed by atoms with E-state index in [1.807, 2.05) is 0 Å². The Morgan fingerprint density at radius 3 is 2.93 bits per heavy atom. The largest absolute Gasteiger partial charge is 0.326 e. The van der Waals surface area contributed by atoms with Crippen molar-refractivity contribution in [3.8, 4) is 0 Å². The highest BCUT2D eigenvalue weighted by atomic mass is 15.2. The molecule has 0 aromatic heterocycles. The molecule has 1 heterocycles. The second-order valence-corrected chi connectivity index (χ2v) is 4.91. The molecule has 1 unspecified atom stereocenters. The van der Waals surface area contributed by atoms with Crippen molar-refractivity contribution in [2.45, 2.75) is 24.8 Å². The third kappa shape index (κ3) is 1.68. The number of hydrogen-bond donors (Lipinski definition) is 1. The molecule has 0 spiro atoms. The summed E-state index contributed by atoms with van der Waals surface area (Å²) < 4.78 is 0. The first-order chi connectivity index (χ1) is 7.33. The first-order valence-corrected chi connectivity index (χ1v) is 5.88. The van der Waals surface area contributed by atoms with Gasteiger partial charge in [-0.2, -0.15) is 0 Å². The van der Waals surface area contributed by atoms with Crippen LogP contribution in [-0.2, 0) is 6.42 Å². The van der Waals surface area contributed by atoms with Crippen molar-refractivity contribution in [1.29, 1.82) is 0 Å². The average Bonchev–Trinajstić information content (AvgIpc) is 2.61. The Hall–Kier alpha value is -0.860. The molecule has 2 N–H and O–H groups in total. The topological polar surface area (TPSA) is 29.3 Å². The number of hydrogen-bond acceptors (Lipinski definition) is 2. The minimum absolute atomic E-state index is 0.417. The van der Waals surface area contributed by atoms with Crippen LogP contribution in [0, 0.1) is 0 Å². The first kappa shape index (κ1) is 9.37. The number of nitrogens with two attached hydrogens (primary N) is 1. The Morgan fingerprint density at radius 2 is 2.20 bits per heavy atom. The Morgan fingerprint density at radius 1 is 1.33 bits per heavy atom. The number of fused-ring (bicyclic) bond motifs is 1. The van der Waals surface area contributed by atoms with Gasteiger partial charge in [0.05, 0.1) is 0 Å². The SMILES string of the molecule is N[C@H]1CCN(CC2Cc3ccccc32)C1. The van der Waals surface area contributed by atoms with E-state index in [1.165, 1.54) is 25.9 Å². The summed E-state index contributed by atoms with van der Waals surface area (Å²) in [6.07, 6.45) is 2.44. The van der Waals surface area contributed by atoms with Crippen LogP contribution in [0.1, 0.15) is 23.5 Å². The van der Waals surface area contributed by atoms with Gasteiger partial charge in [-0.3, -0.25) is 0 Å². The van der Waals surface area contributed by atoms with Crippen LogP contribution in [0.2, 0.25) is 0 Å². The zero-order valence-corrected chi connectivity index (χ0v) is 9.02. The van der Waals surface area contributed by atoms with Crippen molar-refractivity contribution in [1.82, 2.24) is 4.90 Å². The zero-order chi connectivity index (χ0) is 10.3. The van der Waals surface area contributed by atoms with Crippen molar-refractivity contribution in [3.63, 3.8) is 0 Å². The maximum atomic E-state index is 5.91. The fourth-order valence-corrected chi connectivity index (χ4v) is 2.87. The predicted octanol–water partition coefficient (Wildman–Crippen LogP) is 1.36. The van der Waals surface area contributed by atoms with Crippen molar-refractivity contribution < 1.29 is 0 Å². The van der Waals surface area contributed by atoms with Crippen LogP contribution in [0.15, 0.2) is 24.3 Å². The molecule has 0 amide bonds. The van der Waals surface area contributed by atoms with E-state index in [-0.39, 0.29) is 0 Å². The molecule has 0 radical (unpaired) electrons. The van der Waals surface area contributed by atoms with Crippen LogP contribution >= 0.6 is 0 Å². The van der Waals surface area contributed by atoms with Crippen LogP contribution in [0.25, 0.3) is 0 Å². The molecule has 15 heavy (non-hydrogen) atoms. The highest BCUT2D eigenvalue weighted by molar-refractivity contribution is 5.40. The van der Waals surface area contributed by atoms with Crippen molar-refractivity contribution in [3.05, 3.63) is 35.4 Å². The number of likely N-dealkylation sites (tertiary alicyclic amines) is 1. The molecule has 0 bridgehead atoms. The highest BCUT2D eigenvalue weighted by Crippen LogP contribution is 2.35. The third-order valence-corrected chi connectivity index (χ3v) is 3.75. The second-order valence-electron chi connectivity index (χ2n) is 4.91. The van der Waals surface area contributed by atoms with Gasteiger partial charge in [-0.05, 0) is 30.5 Å². The molecule has 1 aliphatic heterocycles. The molecule has 2 atom stereocenters. The summed E-state index contributed by atoms with van der Waals surface area (Å²) in [5.74, 6) is 0.770. The van der Waals surface area contributed by atoms with E-state index < -0.39 is 0 Å². The quantitative estimate of drug-likeness (QED) is 0.784. The van der Waals surface area contributed by atoms with Crippen LogP contribution < -0.4 is 5.73 Å². The van der Waals surface area contributed by atoms with E-state index in [4.69, 9.17) is 5.73 Å². The number of benzene rings is 1. The van der Waals surface area contributed by atoms with Crippen LogP contribution in [0.3, 0.4) is 0 Å². The van der Waals surface area contributed by atoms with E-state index >= 15 is 0 Å². The van der Waals surface area contributed by atoms with Gasteiger partial charge < -0.3 is 10.6 Å². The molecular formula is C13H18N2. The molecule has 1 fully saturated rings. The van der Waals surface area contributed by atoms with Gasteiger partial charge in [-0.25, -0.2) is 0 Å². The van der Waals surface area contributed by atoms with Gasteiger partial charge in [0.15, 0.2) is 0 Å². The van der Waals surface area contributed by atoms with Gasteiger partial charge in [0.1, 0.15) is 0 Å². The Bertz CT molecular complexity index is 361. The van der Waals surface area contributed by atoms with Crippen molar-refractivity contribution >= 4 is 0 Å². The smallest absolute Gasteiger partial charge is 0.0180 e. The normalized spacial score (nSPS) is 29.9. The van der Waals surface area contributed by atoms with Gasteiger partial charge in [0, 0.05) is 25.0 Å². The van der Waals surface area contributed by atoms with E-state index in [1.54, 1.807) is 11.1 Å². The van der Waals surface area contributed by atoms with E-state index in [9.17, 15) is 0 Å². The Kier molecular flexibility index (Phi) is 2.26. The Labute approximate surface area is 91.1 Å². The summed E-state index contributed by atoms with van der Waals surface area (Å²) in [4.78, 5) is 2.52. The maximum Gasteiger partial charge on any atom is 0.0180 e. The fourth-order valence-electron chi connectivity index (χ4n) is 2.87.